The van der Waals surface area contributed by atoms with E-state index in [0.717, 1.165) is 23.4 Å². The van der Waals surface area contributed by atoms with Crippen molar-refractivity contribution in [3.05, 3.63) is 59.7 Å². The Hall–Kier alpha value is -2.49. The van der Waals surface area contributed by atoms with E-state index in [1.165, 1.54) is 0 Å². The van der Waals surface area contributed by atoms with Crippen LogP contribution in [-0.4, -0.2) is 25.9 Å². The Morgan fingerprint density at radius 3 is 2.30 bits per heavy atom. The van der Waals surface area contributed by atoms with Crippen molar-refractivity contribution < 1.29 is 14.3 Å². The van der Waals surface area contributed by atoms with Crippen LogP contribution in [0.25, 0.3) is 0 Å². The van der Waals surface area contributed by atoms with Crippen molar-refractivity contribution in [2.45, 2.75) is 20.8 Å². The molecule has 122 valence electrons. The average Bonchev–Trinajstić information content (AvgIpc) is 2.51. The number of hydrogen-bond donors (Lipinski definition) is 0. The zero-order chi connectivity index (χ0) is 16.7. The molecule has 0 fully saturated rings. The normalized spacial score (nSPS) is 10.2. The number of carbonyl (C=O) groups is 1. The smallest absolute Gasteiger partial charge is 0.432 e. The third-order valence-electron chi connectivity index (χ3n) is 3.48. The molecule has 23 heavy (non-hydrogen) atoms. The highest BCUT2D eigenvalue weighted by molar-refractivity contribution is 5.64. The second kappa shape index (κ2) is 8.22. The Morgan fingerprint density at radius 1 is 1.04 bits per heavy atom. The summed E-state index contributed by atoms with van der Waals surface area (Å²) in [4.78, 5) is 13.9. The van der Waals surface area contributed by atoms with Crippen molar-refractivity contribution in [2.75, 3.05) is 24.6 Å². The lowest BCUT2D eigenvalue weighted by Gasteiger charge is -2.22. The first kappa shape index (κ1) is 16.9. The molecule has 0 spiro atoms. The fraction of sp³-hybridized carbons (Fsp3) is 0.316. The van der Waals surface area contributed by atoms with E-state index < -0.39 is 6.16 Å². The number of rotatable bonds is 6. The molecule has 4 heteroatoms. The molecule has 0 aliphatic carbocycles. The molecule has 0 aromatic heterocycles. The number of anilines is 1. The Labute approximate surface area is 137 Å². The van der Waals surface area contributed by atoms with Gasteiger partial charge in [-0.05, 0) is 56.2 Å². The second-order valence-corrected chi connectivity index (χ2v) is 5.44. The lowest BCUT2D eigenvalue weighted by molar-refractivity contribution is 0.101. The van der Waals surface area contributed by atoms with Crippen LogP contribution in [0.15, 0.2) is 48.5 Å². The molecule has 0 saturated heterocycles. The summed E-state index contributed by atoms with van der Waals surface area (Å²) >= 11 is 0. The predicted octanol–water partition coefficient (Wildman–Crippen LogP) is 4.35. The first-order valence-corrected chi connectivity index (χ1v) is 7.81. The highest BCUT2D eigenvalue weighted by Gasteiger charge is 2.09. The Kier molecular flexibility index (Phi) is 6.03. The number of hydrogen-bond acceptors (Lipinski definition) is 4. The molecule has 2 rings (SSSR count). The Bertz CT molecular complexity index is 620. The summed E-state index contributed by atoms with van der Waals surface area (Å²) in [6, 6.07) is 15.7. The van der Waals surface area contributed by atoms with Crippen LogP contribution in [-0.2, 0) is 4.74 Å². The topological polar surface area (TPSA) is 38.8 Å². The maximum absolute atomic E-state index is 11.8. The SMILES string of the molecule is CCN(CCOC(=O)Oc1cc(C)cc(C)c1)c1ccccc1. The van der Waals surface area contributed by atoms with Crippen LogP contribution in [0.3, 0.4) is 0 Å². The molecular weight excluding hydrogens is 290 g/mol. The molecule has 0 aliphatic rings. The van der Waals surface area contributed by atoms with Gasteiger partial charge in [0.05, 0.1) is 6.54 Å². The maximum Gasteiger partial charge on any atom is 0.513 e. The largest absolute Gasteiger partial charge is 0.513 e. The van der Waals surface area contributed by atoms with Gasteiger partial charge in [0.2, 0.25) is 0 Å². The van der Waals surface area contributed by atoms with Gasteiger partial charge in [-0.15, -0.1) is 0 Å². The van der Waals surface area contributed by atoms with E-state index in [1.54, 1.807) is 0 Å². The average molecular weight is 313 g/mol. The van der Waals surface area contributed by atoms with Gasteiger partial charge in [0.25, 0.3) is 0 Å². The van der Waals surface area contributed by atoms with Crippen LogP contribution in [0.4, 0.5) is 10.5 Å². The van der Waals surface area contributed by atoms with E-state index in [1.807, 2.05) is 62.4 Å². The van der Waals surface area contributed by atoms with Crippen molar-refractivity contribution in [3.8, 4) is 5.75 Å². The van der Waals surface area contributed by atoms with Crippen LogP contribution < -0.4 is 9.64 Å². The number of likely N-dealkylation sites (N-methyl/N-ethyl adjacent to an activating group) is 1. The Balaban J connectivity index is 1.82. The molecule has 0 bridgehead atoms. The van der Waals surface area contributed by atoms with Gasteiger partial charge in [0, 0.05) is 12.2 Å². The zero-order valence-electron chi connectivity index (χ0n) is 13.9. The van der Waals surface area contributed by atoms with Gasteiger partial charge in [-0.1, -0.05) is 24.3 Å². The molecule has 4 nitrogen and oxygen atoms in total. The standard InChI is InChI=1S/C19H23NO3/c1-4-20(17-8-6-5-7-9-17)10-11-22-19(21)23-18-13-15(2)12-16(3)14-18/h5-9,12-14H,4,10-11H2,1-3H3. The highest BCUT2D eigenvalue weighted by Crippen LogP contribution is 2.17. The van der Waals surface area contributed by atoms with Gasteiger partial charge in [-0.25, -0.2) is 4.79 Å². The number of para-hydroxylation sites is 1. The first-order valence-electron chi connectivity index (χ1n) is 7.81. The zero-order valence-corrected chi connectivity index (χ0v) is 13.9. The monoisotopic (exact) mass is 313 g/mol. The van der Waals surface area contributed by atoms with Crippen LogP contribution in [0.1, 0.15) is 18.1 Å². The molecular formula is C19H23NO3. The van der Waals surface area contributed by atoms with Crippen molar-refractivity contribution in [1.29, 1.82) is 0 Å². The number of nitrogens with zero attached hydrogens (tertiary/aromatic N) is 1. The van der Waals surface area contributed by atoms with Crippen molar-refractivity contribution in [1.82, 2.24) is 0 Å². The molecule has 0 atom stereocenters. The third kappa shape index (κ3) is 5.33. The van der Waals surface area contributed by atoms with Crippen molar-refractivity contribution in [2.24, 2.45) is 0 Å². The quantitative estimate of drug-likeness (QED) is 0.587. The molecule has 0 N–H and O–H groups in total. The fourth-order valence-corrected chi connectivity index (χ4v) is 2.47. The molecule has 0 saturated carbocycles. The van der Waals surface area contributed by atoms with Crippen LogP contribution in [0, 0.1) is 13.8 Å². The molecule has 2 aromatic rings. The second-order valence-electron chi connectivity index (χ2n) is 5.44. The van der Waals surface area contributed by atoms with E-state index in [0.29, 0.717) is 12.3 Å². The van der Waals surface area contributed by atoms with Gasteiger partial charge in [0.15, 0.2) is 0 Å². The summed E-state index contributed by atoms with van der Waals surface area (Å²) in [6.07, 6.45) is -0.667. The number of aryl methyl sites for hydroxylation is 2. The molecule has 0 radical (unpaired) electrons. The maximum atomic E-state index is 11.8. The van der Waals surface area contributed by atoms with Crippen LogP contribution in [0.5, 0.6) is 5.75 Å². The van der Waals surface area contributed by atoms with Gasteiger partial charge >= 0.3 is 6.16 Å². The lowest BCUT2D eigenvalue weighted by atomic mass is 10.1. The van der Waals surface area contributed by atoms with E-state index in [9.17, 15) is 4.79 Å². The van der Waals surface area contributed by atoms with Gasteiger partial charge in [0.1, 0.15) is 12.4 Å². The summed E-state index contributed by atoms with van der Waals surface area (Å²) in [5.74, 6) is 0.517. The van der Waals surface area contributed by atoms with E-state index in [-0.39, 0.29) is 6.61 Å². The molecule has 0 aliphatic heterocycles. The lowest BCUT2D eigenvalue weighted by Crippen LogP contribution is -2.28. The fourth-order valence-electron chi connectivity index (χ4n) is 2.47. The van der Waals surface area contributed by atoms with Crippen LogP contribution in [0.2, 0.25) is 0 Å². The molecule has 0 unspecified atom stereocenters. The summed E-state index contributed by atoms with van der Waals surface area (Å²) in [5.41, 5.74) is 3.21. The number of carbonyl (C=O) groups excluding carboxylic acids is 1. The molecule has 2 aromatic carbocycles. The minimum atomic E-state index is -0.667. The van der Waals surface area contributed by atoms with Crippen LogP contribution >= 0.6 is 0 Å². The summed E-state index contributed by atoms with van der Waals surface area (Å²) in [7, 11) is 0. The molecule has 0 amide bonds. The summed E-state index contributed by atoms with van der Waals surface area (Å²) < 4.78 is 10.4. The summed E-state index contributed by atoms with van der Waals surface area (Å²) in [5, 5.41) is 0. The summed E-state index contributed by atoms with van der Waals surface area (Å²) in [6.45, 7) is 7.75. The van der Waals surface area contributed by atoms with Gasteiger partial charge in [-0.2, -0.15) is 0 Å². The minimum Gasteiger partial charge on any atom is -0.432 e. The predicted molar refractivity (Wildman–Crippen MR) is 92.2 cm³/mol. The highest BCUT2D eigenvalue weighted by atomic mass is 16.7. The van der Waals surface area contributed by atoms with Gasteiger partial charge in [-0.3, -0.25) is 0 Å². The van der Waals surface area contributed by atoms with E-state index in [4.69, 9.17) is 9.47 Å². The number of benzene rings is 2. The van der Waals surface area contributed by atoms with E-state index in [2.05, 4.69) is 11.8 Å². The third-order valence-corrected chi connectivity index (χ3v) is 3.48. The molecule has 0 heterocycles. The Morgan fingerprint density at radius 2 is 1.70 bits per heavy atom. The minimum absolute atomic E-state index is 0.284. The van der Waals surface area contributed by atoms with Crippen molar-refractivity contribution >= 4 is 11.8 Å². The first-order chi connectivity index (χ1) is 11.1. The van der Waals surface area contributed by atoms with Crippen molar-refractivity contribution in [3.63, 3.8) is 0 Å². The van der Waals surface area contributed by atoms with Gasteiger partial charge < -0.3 is 14.4 Å². The number of ether oxygens (including phenoxy) is 2. The van der Waals surface area contributed by atoms with E-state index >= 15 is 0 Å².